The molecule has 1 N–H and O–H groups in total. The van der Waals surface area contributed by atoms with E-state index >= 15 is 4.79 Å². The van der Waals surface area contributed by atoms with Crippen molar-refractivity contribution in [1.82, 2.24) is 19.4 Å². The molecule has 0 unspecified atom stereocenters. The lowest BCUT2D eigenvalue weighted by atomic mass is 9.32. The van der Waals surface area contributed by atoms with Crippen molar-refractivity contribution in [3.8, 4) is 0 Å². The van der Waals surface area contributed by atoms with Crippen molar-refractivity contribution in [2.75, 3.05) is 27.2 Å². The number of carboxylic acid groups (broad SMARTS) is 1. The predicted octanol–water partition coefficient (Wildman–Crippen LogP) is 10.7. The highest BCUT2D eigenvalue weighted by Crippen LogP contribution is 2.78. The monoisotopic (exact) mass is 857 g/mol. The van der Waals surface area contributed by atoms with E-state index in [1.165, 1.54) is 12.0 Å². The molecule has 1 amide bonds. The summed E-state index contributed by atoms with van der Waals surface area (Å²) in [6.45, 7) is 32.7. The number of aliphatic carboxylic acids is 1. The quantitative estimate of drug-likeness (QED) is 0.195. The van der Waals surface area contributed by atoms with Crippen molar-refractivity contribution in [2.45, 2.75) is 184 Å². The van der Waals surface area contributed by atoms with E-state index < -0.39 is 17.3 Å². The van der Waals surface area contributed by atoms with Gasteiger partial charge in [0.15, 0.2) is 0 Å². The van der Waals surface area contributed by atoms with E-state index in [0.717, 1.165) is 102 Å². The van der Waals surface area contributed by atoms with Crippen LogP contribution in [0, 0.1) is 73.9 Å². The number of likely N-dealkylation sites (tertiary alicyclic amines) is 1. The molecule has 2 heterocycles. The van der Waals surface area contributed by atoms with E-state index in [0.29, 0.717) is 41.9 Å². The van der Waals surface area contributed by atoms with Crippen molar-refractivity contribution in [3.63, 3.8) is 0 Å². The van der Waals surface area contributed by atoms with E-state index in [1.807, 2.05) is 13.8 Å². The molecule has 1 aromatic heterocycles. The lowest BCUT2D eigenvalue weighted by molar-refractivity contribution is -0.251. The van der Waals surface area contributed by atoms with E-state index in [-0.39, 0.29) is 56.5 Å². The zero-order valence-corrected chi connectivity index (χ0v) is 41.2. The van der Waals surface area contributed by atoms with Crippen LogP contribution >= 0.6 is 0 Å². The van der Waals surface area contributed by atoms with E-state index in [1.54, 1.807) is 0 Å². The normalized spacial score (nSPS) is 42.0. The summed E-state index contributed by atoms with van der Waals surface area (Å²) in [7, 11) is 4.26. The highest BCUT2D eigenvalue weighted by molar-refractivity contribution is 5.85. The molecular formula is C53H84N4O5. The maximum absolute atomic E-state index is 15.8. The van der Waals surface area contributed by atoms with Gasteiger partial charge in [-0.1, -0.05) is 81.4 Å². The van der Waals surface area contributed by atoms with Gasteiger partial charge < -0.3 is 24.2 Å². The van der Waals surface area contributed by atoms with E-state index in [9.17, 15) is 14.7 Å². The zero-order chi connectivity index (χ0) is 45.3. The first-order valence-electron chi connectivity index (χ1n) is 24.9. The van der Waals surface area contributed by atoms with Gasteiger partial charge >= 0.3 is 11.9 Å². The minimum atomic E-state index is -0.815. The van der Waals surface area contributed by atoms with Crippen molar-refractivity contribution in [1.29, 1.82) is 0 Å². The number of rotatable bonds is 9. The number of carbonyl (C=O) groups excluding carboxylic acids is 2. The van der Waals surface area contributed by atoms with Crippen LogP contribution in [0.2, 0.25) is 0 Å². The number of carboxylic acids is 1. The summed E-state index contributed by atoms with van der Waals surface area (Å²) < 4.78 is 8.86. The fraction of sp³-hybridized carbons (Fsp3) is 0.849. The number of ether oxygens (including phenoxy) is 1. The smallest absolute Gasteiger partial charge is 0.309 e. The second-order valence-electron chi connectivity index (χ2n) is 25.5. The summed E-state index contributed by atoms with van der Waals surface area (Å²) in [5.74, 6) is 1.73. The van der Waals surface area contributed by atoms with Crippen LogP contribution < -0.4 is 0 Å². The highest BCUT2D eigenvalue weighted by atomic mass is 16.5. The van der Waals surface area contributed by atoms with Crippen LogP contribution in [0.15, 0.2) is 18.3 Å². The van der Waals surface area contributed by atoms with Gasteiger partial charge in [-0.2, -0.15) is 0 Å². The van der Waals surface area contributed by atoms with Gasteiger partial charge in [0.2, 0.25) is 5.91 Å². The maximum atomic E-state index is 15.8. The number of aromatic nitrogens is 2. The summed E-state index contributed by atoms with van der Waals surface area (Å²) in [5.41, 5.74) is 1.52. The van der Waals surface area contributed by atoms with Crippen molar-refractivity contribution < 1.29 is 24.2 Å². The van der Waals surface area contributed by atoms with Crippen LogP contribution in [-0.2, 0) is 31.1 Å². The molecule has 0 radical (unpaired) electrons. The van der Waals surface area contributed by atoms with Gasteiger partial charge in [-0.25, -0.2) is 4.98 Å². The van der Waals surface area contributed by atoms with Crippen LogP contribution in [-0.4, -0.2) is 75.6 Å². The molecule has 1 aromatic rings. The number of carbonyl (C=O) groups is 3. The van der Waals surface area contributed by atoms with Gasteiger partial charge in [0.1, 0.15) is 11.9 Å². The Morgan fingerprint density at radius 3 is 2.21 bits per heavy atom. The van der Waals surface area contributed by atoms with Gasteiger partial charge in [0.05, 0.1) is 29.0 Å². The van der Waals surface area contributed by atoms with Crippen LogP contribution in [0.3, 0.4) is 0 Å². The van der Waals surface area contributed by atoms with Gasteiger partial charge in [-0.15, -0.1) is 0 Å². The first kappa shape index (κ1) is 45.9. The molecule has 6 aliphatic carbocycles. The van der Waals surface area contributed by atoms with Crippen molar-refractivity contribution in [2.24, 2.45) is 73.9 Å². The van der Waals surface area contributed by atoms with Crippen LogP contribution in [0.4, 0.5) is 0 Å². The van der Waals surface area contributed by atoms with Gasteiger partial charge in [-0.3, -0.25) is 14.4 Å². The lowest BCUT2D eigenvalue weighted by Crippen LogP contribution is -2.67. The number of amides is 1. The molecule has 7 fully saturated rings. The summed E-state index contributed by atoms with van der Waals surface area (Å²) in [4.78, 5) is 51.4. The third kappa shape index (κ3) is 6.65. The van der Waals surface area contributed by atoms with E-state index in [2.05, 4.69) is 104 Å². The molecule has 346 valence electrons. The Morgan fingerprint density at radius 1 is 0.871 bits per heavy atom. The molecular weight excluding hydrogens is 773 g/mol. The minimum absolute atomic E-state index is 0.0103. The van der Waals surface area contributed by atoms with Crippen molar-refractivity contribution in [3.05, 3.63) is 29.9 Å². The lowest BCUT2D eigenvalue weighted by Gasteiger charge is -2.73. The standard InChI is InChI=1S/C53H84N4O5/c1-32(2)33-19-24-53(46(61)57-27-15-16-37(57)43-54-40(47(3,4)5)31-56(43)29-28-55(13)14)26-25-51(11)34(42(33)53)17-18-39-50(10)22-21-41(49(8,9)38(50)20-23-52(39,51)12)62-45(60)36-30-35(44(58)59)48(36,6)7/h31,33-39,41-42H,1,15-30H2,2-14H3,(H,58,59)/t33-,34+,35-,36+,37-,38-,39+,41-,42+,50-,51+,52+,53-/m0/s1. The molecule has 1 aliphatic heterocycles. The third-order valence-corrected chi connectivity index (χ3v) is 20.7. The predicted molar refractivity (Wildman–Crippen MR) is 245 cm³/mol. The second kappa shape index (κ2) is 15.2. The summed E-state index contributed by atoms with van der Waals surface area (Å²) >= 11 is 0. The molecule has 7 aliphatic rings. The highest BCUT2D eigenvalue weighted by Gasteiger charge is 2.72. The minimum Gasteiger partial charge on any atom is -0.481 e. The summed E-state index contributed by atoms with van der Waals surface area (Å²) in [6, 6.07) is 0.0103. The molecule has 62 heavy (non-hydrogen) atoms. The Bertz CT molecular complexity index is 1960. The fourth-order valence-corrected chi connectivity index (χ4v) is 16.8. The molecule has 9 nitrogen and oxygen atoms in total. The molecule has 13 atom stereocenters. The Balaban J connectivity index is 1.06. The van der Waals surface area contributed by atoms with Crippen LogP contribution in [0.25, 0.3) is 0 Å². The molecule has 8 rings (SSSR count). The summed E-state index contributed by atoms with van der Waals surface area (Å²) in [6.07, 6.45) is 15.1. The molecule has 6 saturated carbocycles. The zero-order valence-electron chi connectivity index (χ0n) is 41.2. The fourth-order valence-electron chi connectivity index (χ4n) is 16.8. The number of hydrogen-bond donors (Lipinski definition) is 1. The Morgan fingerprint density at radius 2 is 1.58 bits per heavy atom. The third-order valence-electron chi connectivity index (χ3n) is 20.7. The Kier molecular flexibility index (Phi) is 11.2. The second-order valence-corrected chi connectivity index (χ2v) is 25.5. The number of hydrogen-bond acceptors (Lipinski definition) is 6. The largest absolute Gasteiger partial charge is 0.481 e. The number of esters is 1. The van der Waals surface area contributed by atoms with Crippen molar-refractivity contribution >= 4 is 17.8 Å². The molecule has 1 saturated heterocycles. The van der Waals surface area contributed by atoms with Gasteiger partial charge in [0, 0.05) is 36.7 Å². The topological polar surface area (TPSA) is 105 Å². The average Bonchev–Trinajstić information content (AvgIpc) is 3.92. The molecule has 0 aromatic carbocycles. The molecule has 0 spiro atoms. The number of allylic oxidation sites excluding steroid dienone is 1. The molecule has 0 bridgehead atoms. The first-order valence-corrected chi connectivity index (χ1v) is 24.9. The van der Waals surface area contributed by atoms with E-state index in [4.69, 9.17) is 9.72 Å². The van der Waals surface area contributed by atoms with Gasteiger partial charge in [0.25, 0.3) is 0 Å². The van der Waals surface area contributed by atoms with Gasteiger partial charge in [-0.05, 0) is 156 Å². The maximum Gasteiger partial charge on any atom is 0.309 e. The molecule has 9 heteroatoms. The number of imidazole rings is 1. The Labute approximate surface area is 374 Å². The average molecular weight is 857 g/mol. The Hall–Kier alpha value is -2.68. The first-order chi connectivity index (χ1) is 28.8. The summed E-state index contributed by atoms with van der Waals surface area (Å²) in [5, 5.41) is 9.73. The number of nitrogens with zero attached hydrogens (tertiary/aromatic N) is 4. The number of fused-ring (bicyclic) bond motifs is 7. The SMILES string of the molecule is C=C(C)[C@@H]1CC[C@]2(C(=O)N3CCC[C@H]3c3nc(C(C)(C)C)cn3CCN(C)C)CC[C@]3(C)[C@H](CC[C@@H]4[C@@]5(C)CC[C@H](OC(=O)[C@H]6C[C@@H](C(=O)O)C6(C)C)C(C)(C)[C@@H]5CC[C@]43C)[C@@H]12. The van der Waals surface area contributed by atoms with Crippen LogP contribution in [0.1, 0.15) is 177 Å². The van der Waals surface area contributed by atoms with Crippen LogP contribution in [0.5, 0.6) is 0 Å². The number of likely N-dealkylation sites (N-methyl/N-ethyl adjacent to an activating group) is 1.